The lowest BCUT2D eigenvalue weighted by molar-refractivity contribution is -0.141. The lowest BCUT2D eigenvalue weighted by Crippen LogP contribution is -2.52. The summed E-state index contributed by atoms with van der Waals surface area (Å²) >= 11 is 0. The summed E-state index contributed by atoms with van der Waals surface area (Å²) in [6.07, 6.45) is 0.0242. The van der Waals surface area contributed by atoms with Crippen molar-refractivity contribution in [3.05, 3.63) is 102 Å². The number of hydrogen-bond acceptors (Lipinski definition) is 5. The van der Waals surface area contributed by atoms with Gasteiger partial charge in [-0.25, -0.2) is 12.7 Å². The highest BCUT2D eigenvalue weighted by Gasteiger charge is 2.41. The van der Waals surface area contributed by atoms with E-state index in [4.69, 9.17) is 0 Å². The van der Waals surface area contributed by atoms with Crippen molar-refractivity contribution >= 4 is 27.7 Å². The van der Waals surface area contributed by atoms with E-state index in [0.29, 0.717) is 0 Å². The molecule has 3 aromatic rings. The van der Waals surface area contributed by atoms with Gasteiger partial charge in [-0.05, 0) is 37.1 Å². The zero-order valence-electron chi connectivity index (χ0n) is 21.4. The molecule has 1 aliphatic heterocycles. The molecule has 0 bridgehead atoms. The number of rotatable bonds is 10. The van der Waals surface area contributed by atoms with Crippen LogP contribution in [0.25, 0.3) is 0 Å². The molecule has 1 N–H and O–H groups in total. The van der Waals surface area contributed by atoms with Gasteiger partial charge in [-0.15, -0.1) is 0 Å². The first-order valence-corrected chi connectivity index (χ1v) is 14.0. The van der Waals surface area contributed by atoms with Crippen LogP contribution in [0.1, 0.15) is 41.8 Å². The minimum absolute atomic E-state index is 0.0585. The third-order valence-corrected chi connectivity index (χ3v) is 8.18. The van der Waals surface area contributed by atoms with Crippen molar-refractivity contribution in [2.45, 2.75) is 50.2 Å². The van der Waals surface area contributed by atoms with Gasteiger partial charge in [0, 0.05) is 32.0 Å². The summed E-state index contributed by atoms with van der Waals surface area (Å²) in [5.41, 5.74) is 1.81. The van der Waals surface area contributed by atoms with Crippen LogP contribution in [0, 0.1) is 0 Å². The van der Waals surface area contributed by atoms with Crippen molar-refractivity contribution in [2.75, 3.05) is 6.54 Å². The van der Waals surface area contributed by atoms with Gasteiger partial charge in [-0.2, -0.15) is 0 Å². The molecule has 38 heavy (non-hydrogen) atoms. The van der Waals surface area contributed by atoms with E-state index in [-0.39, 0.29) is 48.3 Å². The normalized spacial score (nSPS) is 14.7. The van der Waals surface area contributed by atoms with Gasteiger partial charge >= 0.3 is 0 Å². The van der Waals surface area contributed by atoms with Crippen LogP contribution in [-0.4, -0.2) is 54.0 Å². The Morgan fingerprint density at radius 3 is 2.05 bits per heavy atom. The van der Waals surface area contributed by atoms with Gasteiger partial charge in [0.05, 0.1) is 5.56 Å². The number of carbonyl (C=O) groups excluding carboxylic acids is 3. The highest BCUT2D eigenvalue weighted by Crippen LogP contribution is 2.30. The van der Waals surface area contributed by atoms with Crippen molar-refractivity contribution < 1.29 is 22.8 Å². The summed E-state index contributed by atoms with van der Waals surface area (Å²) in [5.74, 6) is -1.38. The fraction of sp³-hybridized carbons (Fsp3) is 0.276. The number of amides is 3. The Hall–Kier alpha value is -3.98. The molecule has 8 nitrogen and oxygen atoms in total. The van der Waals surface area contributed by atoms with Crippen LogP contribution in [0.3, 0.4) is 0 Å². The second kappa shape index (κ2) is 11.6. The van der Waals surface area contributed by atoms with Crippen molar-refractivity contribution in [3.63, 3.8) is 0 Å². The van der Waals surface area contributed by atoms with Gasteiger partial charge in [-0.3, -0.25) is 14.4 Å². The van der Waals surface area contributed by atoms with E-state index in [0.717, 1.165) is 15.4 Å². The molecule has 0 unspecified atom stereocenters. The molecular weight excluding hydrogens is 502 g/mol. The molecule has 3 amide bonds. The third-order valence-electron chi connectivity index (χ3n) is 6.34. The smallest absolute Gasteiger partial charge is 0.269 e. The van der Waals surface area contributed by atoms with E-state index in [9.17, 15) is 22.8 Å². The van der Waals surface area contributed by atoms with Gasteiger partial charge < -0.3 is 10.2 Å². The number of nitrogens with one attached hydrogen (secondary N) is 1. The second-order valence-electron chi connectivity index (χ2n) is 9.50. The summed E-state index contributed by atoms with van der Waals surface area (Å²) in [7, 11) is -4.04. The Morgan fingerprint density at radius 2 is 1.45 bits per heavy atom. The molecule has 0 spiro atoms. The lowest BCUT2D eigenvalue weighted by Gasteiger charge is -2.32. The van der Waals surface area contributed by atoms with Gasteiger partial charge in [0.15, 0.2) is 0 Å². The SMILES string of the molecule is CC(C)NC(=O)[C@H](Cc1ccccc1)N(Cc1ccccc1)C(=O)CCN1C(=O)c2ccccc2S1(=O)=O. The number of nitrogens with zero attached hydrogens (tertiary/aromatic N) is 2. The molecule has 198 valence electrons. The highest BCUT2D eigenvalue weighted by atomic mass is 32.2. The first-order chi connectivity index (χ1) is 18.2. The Bertz CT molecular complexity index is 1410. The summed E-state index contributed by atoms with van der Waals surface area (Å²) in [6, 6.07) is 23.8. The average molecular weight is 534 g/mol. The van der Waals surface area contributed by atoms with Gasteiger partial charge in [0.25, 0.3) is 15.9 Å². The van der Waals surface area contributed by atoms with Crippen LogP contribution in [-0.2, 0) is 32.6 Å². The Balaban J connectivity index is 1.62. The van der Waals surface area contributed by atoms with Crippen molar-refractivity contribution in [1.29, 1.82) is 0 Å². The van der Waals surface area contributed by atoms with E-state index in [1.54, 1.807) is 12.1 Å². The maximum Gasteiger partial charge on any atom is 0.269 e. The highest BCUT2D eigenvalue weighted by molar-refractivity contribution is 7.90. The zero-order chi connectivity index (χ0) is 27.3. The minimum Gasteiger partial charge on any atom is -0.352 e. The second-order valence-corrected chi connectivity index (χ2v) is 11.3. The van der Waals surface area contributed by atoms with Crippen molar-refractivity contribution in [1.82, 2.24) is 14.5 Å². The maximum atomic E-state index is 13.7. The Morgan fingerprint density at radius 1 is 0.868 bits per heavy atom. The summed E-state index contributed by atoms with van der Waals surface area (Å²) < 4.78 is 26.7. The number of sulfonamides is 1. The molecule has 1 atom stereocenters. The number of carbonyl (C=O) groups is 3. The number of benzene rings is 3. The van der Waals surface area contributed by atoms with Crippen LogP contribution in [0.5, 0.6) is 0 Å². The van der Waals surface area contributed by atoms with Crippen LogP contribution >= 0.6 is 0 Å². The van der Waals surface area contributed by atoms with E-state index in [2.05, 4.69) is 5.32 Å². The maximum absolute atomic E-state index is 13.7. The number of fused-ring (bicyclic) bond motifs is 1. The fourth-order valence-electron chi connectivity index (χ4n) is 4.51. The third kappa shape index (κ3) is 5.94. The van der Waals surface area contributed by atoms with E-state index >= 15 is 0 Å². The van der Waals surface area contributed by atoms with Crippen LogP contribution in [0.15, 0.2) is 89.8 Å². The molecule has 0 saturated carbocycles. The number of hydrogen-bond donors (Lipinski definition) is 1. The molecule has 0 fully saturated rings. The fourth-order valence-corrected chi connectivity index (χ4v) is 6.08. The monoisotopic (exact) mass is 533 g/mol. The van der Waals surface area contributed by atoms with Crippen LogP contribution < -0.4 is 5.32 Å². The van der Waals surface area contributed by atoms with E-state index < -0.39 is 27.9 Å². The average Bonchev–Trinajstić information content (AvgIpc) is 3.10. The van der Waals surface area contributed by atoms with Gasteiger partial charge in [0.2, 0.25) is 11.8 Å². The summed E-state index contributed by atoms with van der Waals surface area (Å²) in [4.78, 5) is 41.4. The molecular formula is C29H31N3O5S. The lowest BCUT2D eigenvalue weighted by atomic mass is 10.0. The molecule has 3 aromatic carbocycles. The topological polar surface area (TPSA) is 104 Å². The molecule has 0 saturated heterocycles. The van der Waals surface area contributed by atoms with Crippen molar-refractivity contribution in [3.8, 4) is 0 Å². The van der Waals surface area contributed by atoms with E-state index in [1.165, 1.54) is 17.0 Å². The first-order valence-electron chi connectivity index (χ1n) is 12.5. The predicted octanol–water partition coefficient (Wildman–Crippen LogP) is 3.39. The largest absolute Gasteiger partial charge is 0.352 e. The summed E-state index contributed by atoms with van der Waals surface area (Å²) in [6.45, 7) is 3.54. The minimum atomic E-state index is -4.04. The van der Waals surface area contributed by atoms with E-state index in [1.807, 2.05) is 74.5 Å². The van der Waals surface area contributed by atoms with Crippen molar-refractivity contribution in [2.24, 2.45) is 0 Å². The van der Waals surface area contributed by atoms with Gasteiger partial charge in [-0.1, -0.05) is 72.8 Å². The van der Waals surface area contributed by atoms with Gasteiger partial charge in [0.1, 0.15) is 10.9 Å². The molecule has 9 heteroatoms. The predicted molar refractivity (Wildman–Crippen MR) is 143 cm³/mol. The zero-order valence-corrected chi connectivity index (χ0v) is 22.2. The Labute approximate surface area is 223 Å². The van der Waals surface area contributed by atoms with Crippen LogP contribution in [0.2, 0.25) is 0 Å². The molecule has 0 aromatic heterocycles. The molecule has 4 rings (SSSR count). The molecule has 1 aliphatic rings. The quantitative estimate of drug-likeness (QED) is 0.430. The standard InChI is InChI=1S/C29H31N3O5S/c1-21(2)30-28(34)25(19-22-11-5-3-6-12-22)31(20-23-13-7-4-8-14-23)27(33)17-18-32-29(35)24-15-9-10-16-26(24)38(32,36)37/h3-16,21,25H,17-20H2,1-2H3,(H,30,34)/t25-/m0/s1. The van der Waals surface area contributed by atoms with Crippen LogP contribution in [0.4, 0.5) is 0 Å². The molecule has 0 aliphatic carbocycles. The first kappa shape index (κ1) is 27.1. The Kier molecular flexibility index (Phi) is 8.26. The molecule has 1 heterocycles. The molecule has 0 radical (unpaired) electrons. The summed E-state index contributed by atoms with van der Waals surface area (Å²) in [5, 5.41) is 2.92.